The number of carbonyl (C=O) groups excluding carboxylic acids is 1. The Kier molecular flexibility index (Phi) is 3.06. The Labute approximate surface area is 99.8 Å². The zero-order valence-corrected chi connectivity index (χ0v) is 9.26. The van der Waals surface area contributed by atoms with Crippen molar-refractivity contribution in [2.24, 2.45) is 0 Å². The number of rotatable bonds is 3. The van der Waals surface area contributed by atoms with Gasteiger partial charge in [0, 0.05) is 5.56 Å². The van der Waals surface area contributed by atoms with Gasteiger partial charge in [-0.3, -0.25) is 4.79 Å². The van der Waals surface area contributed by atoms with Crippen molar-refractivity contribution in [2.45, 2.75) is 0 Å². The SMILES string of the molecule is C=CC(=O)c1ccc(-c2ccc(O)cc2)cc1. The van der Waals surface area contributed by atoms with Crippen LogP contribution in [0.2, 0.25) is 0 Å². The Bertz CT molecular complexity index is 536. The number of hydrogen-bond donors (Lipinski definition) is 1. The van der Waals surface area contributed by atoms with Crippen LogP contribution in [0.1, 0.15) is 10.4 Å². The minimum atomic E-state index is -0.0812. The molecule has 0 saturated carbocycles. The van der Waals surface area contributed by atoms with Gasteiger partial charge in [0.2, 0.25) is 0 Å². The van der Waals surface area contributed by atoms with Crippen molar-refractivity contribution in [3.05, 3.63) is 66.7 Å². The van der Waals surface area contributed by atoms with Crippen LogP contribution in [0.25, 0.3) is 11.1 Å². The van der Waals surface area contributed by atoms with E-state index in [1.165, 1.54) is 6.08 Å². The molecule has 2 nitrogen and oxygen atoms in total. The van der Waals surface area contributed by atoms with E-state index < -0.39 is 0 Å². The maximum absolute atomic E-state index is 11.4. The number of phenolic OH excluding ortho intramolecular Hbond substituents is 1. The molecule has 0 aliphatic rings. The number of aromatic hydroxyl groups is 1. The number of phenols is 1. The first-order chi connectivity index (χ1) is 8.20. The van der Waals surface area contributed by atoms with Crippen LogP contribution in [0, 0.1) is 0 Å². The Hall–Kier alpha value is -2.35. The lowest BCUT2D eigenvalue weighted by atomic mass is 10.0. The van der Waals surface area contributed by atoms with Crippen molar-refractivity contribution in [1.29, 1.82) is 0 Å². The third-order valence-corrected chi connectivity index (χ3v) is 2.56. The van der Waals surface area contributed by atoms with E-state index in [1.54, 1.807) is 24.3 Å². The monoisotopic (exact) mass is 224 g/mol. The summed E-state index contributed by atoms with van der Waals surface area (Å²) in [6, 6.07) is 14.2. The lowest BCUT2D eigenvalue weighted by Crippen LogP contribution is -1.92. The van der Waals surface area contributed by atoms with Crippen LogP contribution in [0.3, 0.4) is 0 Å². The van der Waals surface area contributed by atoms with Gasteiger partial charge in [0.15, 0.2) is 5.78 Å². The standard InChI is InChI=1S/C15H12O2/c1-2-15(17)13-5-3-11(4-6-13)12-7-9-14(16)10-8-12/h2-10,16H,1H2. The van der Waals surface area contributed by atoms with E-state index in [9.17, 15) is 9.90 Å². The fourth-order valence-electron chi connectivity index (χ4n) is 1.60. The average molecular weight is 224 g/mol. The number of allylic oxidation sites excluding steroid dienone is 1. The highest BCUT2D eigenvalue weighted by Crippen LogP contribution is 2.22. The second kappa shape index (κ2) is 4.66. The first-order valence-corrected chi connectivity index (χ1v) is 5.27. The molecular formula is C15H12O2. The third kappa shape index (κ3) is 2.42. The van der Waals surface area contributed by atoms with Crippen molar-refractivity contribution >= 4 is 5.78 Å². The van der Waals surface area contributed by atoms with Gasteiger partial charge in [0.05, 0.1) is 0 Å². The molecule has 2 aromatic carbocycles. The predicted octanol–water partition coefficient (Wildman–Crippen LogP) is 3.43. The zero-order chi connectivity index (χ0) is 12.3. The predicted molar refractivity (Wildman–Crippen MR) is 68.1 cm³/mol. The molecule has 0 bridgehead atoms. The van der Waals surface area contributed by atoms with Crippen LogP contribution in [0.15, 0.2) is 61.2 Å². The molecule has 0 aliphatic heterocycles. The van der Waals surface area contributed by atoms with E-state index in [-0.39, 0.29) is 11.5 Å². The molecule has 1 N–H and O–H groups in total. The van der Waals surface area contributed by atoms with Crippen LogP contribution in [-0.4, -0.2) is 10.9 Å². The Morgan fingerprint density at radius 1 is 0.941 bits per heavy atom. The molecule has 0 heterocycles. The zero-order valence-electron chi connectivity index (χ0n) is 9.26. The van der Waals surface area contributed by atoms with E-state index in [1.807, 2.05) is 24.3 Å². The lowest BCUT2D eigenvalue weighted by molar-refractivity contribution is 0.104. The minimum Gasteiger partial charge on any atom is -0.508 e. The van der Waals surface area contributed by atoms with Gasteiger partial charge in [0.25, 0.3) is 0 Å². The average Bonchev–Trinajstić information content (AvgIpc) is 2.39. The van der Waals surface area contributed by atoms with Gasteiger partial charge in [-0.1, -0.05) is 43.0 Å². The second-order valence-electron chi connectivity index (χ2n) is 3.69. The highest BCUT2D eigenvalue weighted by molar-refractivity contribution is 6.04. The summed E-state index contributed by atoms with van der Waals surface area (Å²) < 4.78 is 0. The molecule has 0 aliphatic carbocycles. The summed E-state index contributed by atoms with van der Waals surface area (Å²) in [5, 5.41) is 9.20. The number of hydrogen-bond acceptors (Lipinski definition) is 2. The Morgan fingerprint density at radius 3 is 1.88 bits per heavy atom. The summed E-state index contributed by atoms with van der Waals surface area (Å²) >= 11 is 0. The van der Waals surface area contributed by atoms with E-state index in [4.69, 9.17) is 0 Å². The van der Waals surface area contributed by atoms with Crippen molar-refractivity contribution in [1.82, 2.24) is 0 Å². The highest BCUT2D eigenvalue weighted by atomic mass is 16.3. The van der Waals surface area contributed by atoms with E-state index in [2.05, 4.69) is 6.58 Å². The Morgan fingerprint density at radius 2 is 1.41 bits per heavy atom. The largest absolute Gasteiger partial charge is 0.508 e. The normalized spacial score (nSPS) is 9.88. The molecule has 0 atom stereocenters. The van der Waals surface area contributed by atoms with Crippen molar-refractivity contribution in [3.63, 3.8) is 0 Å². The summed E-state index contributed by atoms with van der Waals surface area (Å²) in [6.45, 7) is 3.45. The summed E-state index contributed by atoms with van der Waals surface area (Å²) in [4.78, 5) is 11.4. The first kappa shape index (κ1) is 11.1. The van der Waals surface area contributed by atoms with Crippen LogP contribution in [0.4, 0.5) is 0 Å². The van der Waals surface area contributed by atoms with Crippen LogP contribution < -0.4 is 0 Å². The first-order valence-electron chi connectivity index (χ1n) is 5.27. The smallest absolute Gasteiger partial charge is 0.185 e. The van der Waals surface area contributed by atoms with Crippen LogP contribution in [-0.2, 0) is 0 Å². The molecule has 0 spiro atoms. The van der Waals surface area contributed by atoms with Gasteiger partial charge in [0.1, 0.15) is 5.75 Å². The number of benzene rings is 2. The van der Waals surface area contributed by atoms with Crippen molar-refractivity contribution < 1.29 is 9.90 Å². The maximum atomic E-state index is 11.4. The Balaban J connectivity index is 2.32. The molecule has 0 amide bonds. The molecule has 2 aromatic rings. The fourth-order valence-corrected chi connectivity index (χ4v) is 1.60. The second-order valence-corrected chi connectivity index (χ2v) is 3.69. The summed E-state index contributed by atoms with van der Waals surface area (Å²) in [5.74, 6) is 0.162. The summed E-state index contributed by atoms with van der Waals surface area (Å²) in [7, 11) is 0. The molecule has 0 fully saturated rings. The van der Waals surface area contributed by atoms with Crippen molar-refractivity contribution in [3.8, 4) is 16.9 Å². The van der Waals surface area contributed by atoms with Gasteiger partial charge in [-0.05, 0) is 29.3 Å². The molecule has 0 aromatic heterocycles. The topological polar surface area (TPSA) is 37.3 Å². The summed E-state index contributed by atoms with van der Waals surface area (Å²) in [5.41, 5.74) is 2.63. The van der Waals surface area contributed by atoms with Gasteiger partial charge in [-0.15, -0.1) is 0 Å². The molecule has 2 rings (SSSR count). The quantitative estimate of drug-likeness (QED) is 0.640. The highest BCUT2D eigenvalue weighted by Gasteiger charge is 2.02. The van der Waals surface area contributed by atoms with Gasteiger partial charge >= 0.3 is 0 Å². The number of ketones is 1. The van der Waals surface area contributed by atoms with Crippen molar-refractivity contribution in [2.75, 3.05) is 0 Å². The molecule has 84 valence electrons. The van der Waals surface area contributed by atoms with E-state index >= 15 is 0 Å². The maximum Gasteiger partial charge on any atom is 0.185 e. The molecule has 0 unspecified atom stereocenters. The van der Waals surface area contributed by atoms with E-state index in [0.717, 1.165) is 11.1 Å². The van der Waals surface area contributed by atoms with E-state index in [0.29, 0.717) is 5.56 Å². The van der Waals surface area contributed by atoms with Gasteiger partial charge in [-0.2, -0.15) is 0 Å². The van der Waals surface area contributed by atoms with Crippen LogP contribution in [0.5, 0.6) is 5.75 Å². The molecule has 0 saturated heterocycles. The third-order valence-electron chi connectivity index (χ3n) is 2.56. The van der Waals surface area contributed by atoms with Crippen LogP contribution >= 0.6 is 0 Å². The minimum absolute atomic E-state index is 0.0812. The molecular weight excluding hydrogens is 212 g/mol. The molecule has 0 radical (unpaired) electrons. The summed E-state index contributed by atoms with van der Waals surface area (Å²) in [6.07, 6.45) is 1.30. The fraction of sp³-hybridized carbons (Fsp3) is 0. The van der Waals surface area contributed by atoms with Gasteiger partial charge in [-0.25, -0.2) is 0 Å². The lowest BCUT2D eigenvalue weighted by Gasteiger charge is -2.03. The molecule has 17 heavy (non-hydrogen) atoms. The van der Waals surface area contributed by atoms with Gasteiger partial charge < -0.3 is 5.11 Å². The number of carbonyl (C=O) groups is 1. The molecule has 2 heteroatoms.